The van der Waals surface area contributed by atoms with E-state index in [2.05, 4.69) is 23.5 Å². The molecule has 2 rings (SSSR count). The summed E-state index contributed by atoms with van der Waals surface area (Å²) in [4.78, 5) is 2.74. The number of likely N-dealkylation sites (tertiary alicyclic amines) is 1. The second-order valence-corrected chi connectivity index (χ2v) is 8.46. The predicted molar refractivity (Wildman–Crippen MR) is 90.5 cm³/mol. The van der Waals surface area contributed by atoms with Crippen LogP contribution in [0.3, 0.4) is 0 Å². The summed E-state index contributed by atoms with van der Waals surface area (Å²) in [6, 6.07) is 5.51. The Morgan fingerprint density at radius 1 is 1.32 bits per heavy atom. The summed E-state index contributed by atoms with van der Waals surface area (Å²) in [6.07, 6.45) is 2.48. The molecule has 4 nitrogen and oxygen atoms in total. The molecule has 124 valence electrons. The number of benzene rings is 1. The smallest absolute Gasteiger partial charge is 0.240 e. The molecule has 1 fully saturated rings. The highest BCUT2D eigenvalue weighted by Crippen LogP contribution is 2.18. The van der Waals surface area contributed by atoms with E-state index >= 15 is 0 Å². The van der Waals surface area contributed by atoms with Gasteiger partial charge in [-0.3, -0.25) is 4.90 Å². The Hall–Kier alpha value is -0.910. The zero-order valence-electron chi connectivity index (χ0n) is 14.1. The second kappa shape index (κ2) is 7.11. The van der Waals surface area contributed by atoms with Gasteiger partial charge in [0.2, 0.25) is 10.0 Å². The maximum absolute atomic E-state index is 12.4. The topological polar surface area (TPSA) is 49.4 Å². The highest BCUT2D eigenvalue weighted by Gasteiger charge is 2.23. The van der Waals surface area contributed by atoms with E-state index in [4.69, 9.17) is 0 Å². The van der Waals surface area contributed by atoms with Crippen molar-refractivity contribution in [2.45, 2.75) is 51.5 Å². The lowest BCUT2D eigenvalue weighted by atomic mass is 9.99. The molecule has 0 radical (unpaired) electrons. The van der Waals surface area contributed by atoms with Crippen LogP contribution >= 0.6 is 0 Å². The summed E-state index contributed by atoms with van der Waals surface area (Å²) in [6.45, 7) is 10.9. The van der Waals surface area contributed by atoms with Crippen molar-refractivity contribution in [2.24, 2.45) is 5.92 Å². The minimum absolute atomic E-state index is 0.226. The van der Waals surface area contributed by atoms with E-state index in [0.29, 0.717) is 17.4 Å². The van der Waals surface area contributed by atoms with Gasteiger partial charge in [0.05, 0.1) is 4.90 Å². The first-order chi connectivity index (χ1) is 10.3. The van der Waals surface area contributed by atoms with E-state index < -0.39 is 10.0 Å². The van der Waals surface area contributed by atoms with Gasteiger partial charge >= 0.3 is 0 Å². The number of nitrogens with one attached hydrogen (secondary N) is 1. The molecule has 0 spiro atoms. The molecule has 1 aromatic carbocycles. The Morgan fingerprint density at radius 3 is 2.68 bits per heavy atom. The summed E-state index contributed by atoms with van der Waals surface area (Å²) < 4.78 is 27.6. The van der Waals surface area contributed by atoms with Gasteiger partial charge < -0.3 is 0 Å². The minimum Gasteiger partial charge on any atom is -0.299 e. The molecule has 1 aliphatic heterocycles. The fraction of sp³-hybridized carbons (Fsp3) is 0.647. The van der Waals surface area contributed by atoms with E-state index in [0.717, 1.165) is 24.2 Å². The molecule has 22 heavy (non-hydrogen) atoms. The number of rotatable bonds is 5. The first-order valence-corrected chi connectivity index (χ1v) is 9.59. The third-order valence-electron chi connectivity index (χ3n) is 4.67. The van der Waals surface area contributed by atoms with E-state index in [1.807, 2.05) is 19.9 Å². The third-order valence-corrected chi connectivity index (χ3v) is 6.09. The molecule has 2 atom stereocenters. The molecular formula is C17H28N2O2S. The molecule has 0 saturated carbocycles. The van der Waals surface area contributed by atoms with Crippen molar-refractivity contribution in [2.75, 3.05) is 19.6 Å². The van der Waals surface area contributed by atoms with Crippen molar-refractivity contribution in [3.63, 3.8) is 0 Å². The third kappa shape index (κ3) is 4.31. The van der Waals surface area contributed by atoms with E-state index in [9.17, 15) is 8.42 Å². The lowest BCUT2D eigenvalue weighted by molar-refractivity contribution is 0.140. The summed E-state index contributed by atoms with van der Waals surface area (Å²) >= 11 is 0. The van der Waals surface area contributed by atoms with Gasteiger partial charge in [-0.2, -0.15) is 0 Å². The van der Waals surface area contributed by atoms with Crippen LogP contribution in [-0.2, 0) is 10.0 Å². The lowest BCUT2D eigenvalue weighted by Crippen LogP contribution is -2.46. The molecule has 1 N–H and O–H groups in total. The van der Waals surface area contributed by atoms with E-state index in [1.165, 1.54) is 12.8 Å². The van der Waals surface area contributed by atoms with Gasteiger partial charge in [0, 0.05) is 19.1 Å². The van der Waals surface area contributed by atoms with E-state index in [-0.39, 0.29) is 6.04 Å². The Kier molecular flexibility index (Phi) is 5.64. The van der Waals surface area contributed by atoms with Gasteiger partial charge in [-0.1, -0.05) is 13.0 Å². The molecule has 0 bridgehead atoms. The SMILES string of the molecule is Cc1ccc(S(=O)(=O)NCC(C)N2CCCC(C)C2)cc1C. The van der Waals surface area contributed by atoms with Crippen molar-refractivity contribution in [1.29, 1.82) is 0 Å². The van der Waals surface area contributed by atoms with Crippen LogP contribution in [0, 0.1) is 19.8 Å². The zero-order chi connectivity index (χ0) is 16.3. The molecule has 0 aromatic heterocycles. The molecule has 1 aromatic rings. The predicted octanol–water partition coefficient (Wildman–Crippen LogP) is 2.70. The molecule has 1 heterocycles. The Morgan fingerprint density at radius 2 is 2.05 bits per heavy atom. The van der Waals surface area contributed by atoms with E-state index in [1.54, 1.807) is 12.1 Å². The Bertz CT molecular complexity index is 613. The number of hydrogen-bond acceptors (Lipinski definition) is 3. The summed E-state index contributed by atoms with van der Waals surface area (Å²) in [5, 5.41) is 0. The highest BCUT2D eigenvalue weighted by atomic mass is 32.2. The summed E-state index contributed by atoms with van der Waals surface area (Å²) in [7, 11) is -3.42. The van der Waals surface area contributed by atoms with Crippen LogP contribution in [0.15, 0.2) is 23.1 Å². The van der Waals surface area contributed by atoms with Crippen LogP contribution in [0.4, 0.5) is 0 Å². The highest BCUT2D eigenvalue weighted by molar-refractivity contribution is 7.89. The molecule has 2 unspecified atom stereocenters. The number of aryl methyl sites for hydroxylation is 2. The fourth-order valence-corrected chi connectivity index (χ4v) is 4.16. The number of piperidine rings is 1. The van der Waals surface area contributed by atoms with Gasteiger partial charge in [-0.05, 0) is 69.3 Å². The quantitative estimate of drug-likeness (QED) is 0.906. The number of nitrogens with zero attached hydrogens (tertiary/aromatic N) is 1. The monoisotopic (exact) mass is 324 g/mol. The molecular weight excluding hydrogens is 296 g/mol. The summed E-state index contributed by atoms with van der Waals surface area (Å²) in [5.74, 6) is 0.701. The average Bonchev–Trinajstić information content (AvgIpc) is 2.47. The van der Waals surface area contributed by atoms with Crippen LogP contribution in [-0.4, -0.2) is 39.0 Å². The standard InChI is InChI=1S/C17H28N2O2S/c1-13-6-5-9-19(12-13)16(4)11-18-22(20,21)17-8-7-14(2)15(3)10-17/h7-8,10,13,16,18H,5-6,9,11-12H2,1-4H3. The summed E-state index contributed by atoms with van der Waals surface area (Å²) in [5.41, 5.74) is 2.11. The van der Waals surface area contributed by atoms with Gasteiger partial charge in [-0.25, -0.2) is 13.1 Å². The molecule has 0 aliphatic carbocycles. The van der Waals surface area contributed by atoms with Crippen molar-refractivity contribution >= 4 is 10.0 Å². The molecule has 0 amide bonds. The lowest BCUT2D eigenvalue weighted by Gasteiger charge is -2.35. The fourth-order valence-electron chi connectivity index (χ4n) is 2.95. The van der Waals surface area contributed by atoms with Gasteiger partial charge in [0.25, 0.3) is 0 Å². The zero-order valence-corrected chi connectivity index (χ0v) is 14.9. The maximum atomic E-state index is 12.4. The molecule has 5 heteroatoms. The van der Waals surface area contributed by atoms with Crippen molar-refractivity contribution < 1.29 is 8.42 Å². The van der Waals surface area contributed by atoms with Crippen LogP contribution in [0.5, 0.6) is 0 Å². The minimum atomic E-state index is -3.42. The molecule has 1 saturated heterocycles. The van der Waals surface area contributed by atoms with Crippen molar-refractivity contribution in [1.82, 2.24) is 9.62 Å². The van der Waals surface area contributed by atoms with Crippen LogP contribution < -0.4 is 4.72 Å². The average molecular weight is 324 g/mol. The normalized spacial score (nSPS) is 21.7. The van der Waals surface area contributed by atoms with Crippen molar-refractivity contribution in [3.05, 3.63) is 29.3 Å². The Labute approximate surface area is 135 Å². The van der Waals surface area contributed by atoms with Crippen molar-refractivity contribution in [3.8, 4) is 0 Å². The largest absolute Gasteiger partial charge is 0.299 e. The second-order valence-electron chi connectivity index (χ2n) is 6.69. The van der Waals surface area contributed by atoms with Crippen LogP contribution in [0.2, 0.25) is 0 Å². The molecule has 1 aliphatic rings. The van der Waals surface area contributed by atoms with Crippen LogP contribution in [0.1, 0.15) is 37.8 Å². The maximum Gasteiger partial charge on any atom is 0.240 e. The Balaban J connectivity index is 1.98. The van der Waals surface area contributed by atoms with Crippen LogP contribution in [0.25, 0.3) is 0 Å². The number of sulfonamides is 1. The van der Waals surface area contributed by atoms with Gasteiger partial charge in [0.1, 0.15) is 0 Å². The first-order valence-electron chi connectivity index (χ1n) is 8.10. The van der Waals surface area contributed by atoms with Gasteiger partial charge in [-0.15, -0.1) is 0 Å². The first kappa shape index (κ1) is 17.4. The number of hydrogen-bond donors (Lipinski definition) is 1. The van der Waals surface area contributed by atoms with Gasteiger partial charge in [0.15, 0.2) is 0 Å².